The Balaban J connectivity index is 2.14. The molecule has 1 heteroatoms. The van der Waals surface area contributed by atoms with Gasteiger partial charge in [0.1, 0.15) is 0 Å². The van der Waals surface area contributed by atoms with Gasteiger partial charge < -0.3 is 5.32 Å². The molecule has 0 bridgehead atoms. The van der Waals surface area contributed by atoms with E-state index in [2.05, 4.69) is 49.3 Å². The summed E-state index contributed by atoms with van der Waals surface area (Å²) in [5.74, 6) is 0.415. The van der Waals surface area contributed by atoms with Crippen LogP contribution in [-0.4, -0.2) is 0 Å². The van der Waals surface area contributed by atoms with Gasteiger partial charge in [-0.05, 0) is 30.4 Å². The van der Waals surface area contributed by atoms with Crippen LogP contribution in [-0.2, 0) is 6.42 Å². The summed E-state index contributed by atoms with van der Waals surface area (Å²) in [4.78, 5) is 0. The first-order chi connectivity index (χ1) is 8.20. The van der Waals surface area contributed by atoms with Gasteiger partial charge in [-0.2, -0.15) is 0 Å². The molecular weight excluding hydrogens is 206 g/mol. The van der Waals surface area contributed by atoms with E-state index in [1.807, 2.05) is 6.08 Å². The van der Waals surface area contributed by atoms with E-state index in [1.54, 1.807) is 0 Å². The average Bonchev–Trinajstić information content (AvgIpc) is 2.31. The van der Waals surface area contributed by atoms with Gasteiger partial charge in [0.25, 0.3) is 0 Å². The van der Waals surface area contributed by atoms with E-state index >= 15 is 0 Å². The van der Waals surface area contributed by atoms with Crippen LogP contribution in [0.2, 0.25) is 0 Å². The summed E-state index contributed by atoms with van der Waals surface area (Å²) in [6, 6.07) is 8.75. The zero-order valence-corrected chi connectivity index (χ0v) is 10.2. The third kappa shape index (κ3) is 2.68. The number of nitrogens with one attached hydrogen (secondary N) is 1. The van der Waals surface area contributed by atoms with Gasteiger partial charge in [-0.15, -0.1) is 6.58 Å². The molecule has 1 nitrogen and oxygen atoms in total. The van der Waals surface area contributed by atoms with Crippen LogP contribution >= 0.6 is 0 Å². The average molecular weight is 225 g/mol. The summed E-state index contributed by atoms with van der Waals surface area (Å²) in [6.45, 7) is 11.8. The van der Waals surface area contributed by atoms with Crippen LogP contribution in [0.3, 0.4) is 0 Å². The highest BCUT2D eigenvalue weighted by molar-refractivity contribution is 5.33. The lowest BCUT2D eigenvalue weighted by Gasteiger charge is -2.28. The van der Waals surface area contributed by atoms with Crippen LogP contribution in [0.1, 0.15) is 29.9 Å². The molecule has 1 aromatic carbocycles. The molecule has 1 N–H and O–H groups in total. The second-order valence-corrected chi connectivity index (χ2v) is 4.58. The number of hydrogen-bond donors (Lipinski definition) is 1. The molecule has 1 aromatic rings. The molecule has 0 aliphatic carbocycles. The van der Waals surface area contributed by atoms with E-state index in [0.29, 0.717) is 5.92 Å². The molecule has 0 spiro atoms. The molecule has 1 unspecified atom stereocenters. The van der Waals surface area contributed by atoms with Crippen molar-refractivity contribution in [3.05, 3.63) is 72.6 Å². The SMILES string of the molecule is C=CCc1ccc(C2CCC(=C)NC2=C)cc1. The van der Waals surface area contributed by atoms with Crippen LogP contribution in [0.5, 0.6) is 0 Å². The third-order valence-electron chi connectivity index (χ3n) is 3.25. The molecular formula is C16H19N. The second kappa shape index (κ2) is 5.05. The number of piperidine rings is 1. The van der Waals surface area contributed by atoms with Gasteiger partial charge in [-0.3, -0.25) is 0 Å². The number of hydrogen-bond acceptors (Lipinski definition) is 1. The van der Waals surface area contributed by atoms with E-state index in [0.717, 1.165) is 30.7 Å². The summed E-state index contributed by atoms with van der Waals surface area (Å²) >= 11 is 0. The second-order valence-electron chi connectivity index (χ2n) is 4.58. The van der Waals surface area contributed by atoms with Crippen LogP contribution in [0.4, 0.5) is 0 Å². The minimum absolute atomic E-state index is 0.415. The molecule has 88 valence electrons. The van der Waals surface area contributed by atoms with Gasteiger partial charge in [-0.1, -0.05) is 43.5 Å². The van der Waals surface area contributed by atoms with E-state index in [-0.39, 0.29) is 0 Å². The lowest BCUT2D eigenvalue weighted by Crippen LogP contribution is -2.23. The van der Waals surface area contributed by atoms with Crippen molar-refractivity contribution in [2.75, 3.05) is 0 Å². The molecule has 1 aliphatic rings. The highest BCUT2D eigenvalue weighted by Gasteiger charge is 2.20. The monoisotopic (exact) mass is 225 g/mol. The van der Waals surface area contributed by atoms with Crippen LogP contribution in [0.15, 0.2) is 61.5 Å². The minimum atomic E-state index is 0.415. The normalized spacial score (nSPS) is 19.9. The summed E-state index contributed by atoms with van der Waals surface area (Å²) in [5, 5.41) is 3.26. The summed E-state index contributed by atoms with van der Waals surface area (Å²) in [7, 11) is 0. The fourth-order valence-corrected chi connectivity index (χ4v) is 2.29. The van der Waals surface area contributed by atoms with Gasteiger partial charge in [0, 0.05) is 17.3 Å². The molecule has 0 amide bonds. The molecule has 17 heavy (non-hydrogen) atoms. The fourth-order valence-electron chi connectivity index (χ4n) is 2.29. The Bertz CT molecular complexity index is 439. The van der Waals surface area contributed by atoms with Gasteiger partial charge in [0.2, 0.25) is 0 Å². The molecule has 2 rings (SSSR count). The molecule has 1 aliphatic heterocycles. The lowest BCUT2D eigenvalue weighted by molar-refractivity contribution is 0.593. The van der Waals surface area contributed by atoms with Gasteiger partial charge in [-0.25, -0.2) is 0 Å². The Morgan fingerprint density at radius 2 is 1.94 bits per heavy atom. The summed E-state index contributed by atoms with van der Waals surface area (Å²) < 4.78 is 0. The first-order valence-electron chi connectivity index (χ1n) is 6.04. The first-order valence-corrected chi connectivity index (χ1v) is 6.04. The number of allylic oxidation sites excluding steroid dienone is 3. The molecule has 0 radical (unpaired) electrons. The van der Waals surface area contributed by atoms with E-state index in [4.69, 9.17) is 0 Å². The van der Waals surface area contributed by atoms with Crippen molar-refractivity contribution >= 4 is 0 Å². The number of benzene rings is 1. The fraction of sp³-hybridized carbons (Fsp3) is 0.250. The maximum atomic E-state index is 4.09. The highest BCUT2D eigenvalue weighted by Crippen LogP contribution is 2.32. The minimum Gasteiger partial charge on any atom is -0.363 e. The van der Waals surface area contributed by atoms with E-state index in [9.17, 15) is 0 Å². The van der Waals surface area contributed by atoms with E-state index < -0.39 is 0 Å². The third-order valence-corrected chi connectivity index (χ3v) is 3.25. The van der Waals surface area contributed by atoms with Crippen molar-refractivity contribution in [2.45, 2.75) is 25.2 Å². The molecule has 0 saturated carbocycles. The first kappa shape index (κ1) is 11.7. The van der Waals surface area contributed by atoms with Crippen LogP contribution in [0, 0.1) is 0 Å². The highest BCUT2D eigenvalue weighted by atomic mass is 14.9. The van der Waals surface area contributed by atoms with Gasteiger partial charge in [0.05, 0.1) is 0 Å². The van der Waals surface area contributed by atoms with Crippen molar-refractivity contribution in [1.82, 2.24) is 5.32 Å². The number of rotatable bonds is 3. The Labute approximate surface area is 104 Å². The zero-order valence-electron chi connectivity index (χ0n) is 10.2. The zero-order chi connectivity index (χ0) is 12.3. The van der Waals surface area contributed by atoms with Crippen LogP contribution < -0.4 is 5.32 Å². The van der Waals surface area contributed by atoms with Crippen molar-refractivity contribution in [2.24, 2.45) is 0 Å². The Morgan fingerprint density at radius 3 is 2.53 bits per heavy atom. The maximum absolute atomic E-state index is 4.09. The van der Waals surface area contributed by atoms with Crippen molar-refractivity contribution in [1.29, 1.82) is 0 Å². The smallest absolute Gasteiger partial charge is 0.0238 e. The standard InChI is InChI=1S/C16H19N/c1-4-5-14-7-9-15(10-8-14)16-11-6-12(2)17-13(16)3/h4,7-10,16-17H,1-3,5-6,11H2. The lowest BCUT2D eigenvalue weighted by atomic mass is 9.87. The maximum Gasteiger partial charge on any atom is 0.0238 e. The van der Waals surface area contributed by atoms with Crippen molar-refractivity contribution in [3.63, 3.8) is 0 Å². The Hall–Kier alpha value is -1.76. The Kier molecular flexibility index (Phi) is 3.48. The Morgan fingerprint density at radius 1 is 1.24 bits per heavy atom. The van der Waals surface area contributed by atoms with Crippen LogP contribution in [0.25, 0.3) is 0 Å². The molecule has 1 saturated heterocycles. The summed E-state index contributed by atoms with van der Waals surface area (Å²) in [6.07, 6.45) is 4.99. The van der Waals surface area contributed by atoms with Crippen molar-refractivity contribution in [3.8, 4) is 0 Å². The molecule has 1 heterocycles. The predicted molar refractivity (Wildman–Crippen MR) is 73.7 cm³/mol. The predicted octanol–water partition coefficient (Wildman–Crippen LogP) is 3.91. The van der Waals surface area contributed by atoms with Crippen molar-refractivity contribution < 1.29 is 0 Å². The largest absolute Gasteiger partial charge is 0.363 e. The summed E-state index contributed by atoms with van der Waals surface area (Å²) in [5.41, 5.74) is 4.79. The van der Waals surface area contributed by atoms with E-state index in [1.165, 1.54) is 11.1 Å². The topological polar surface area (TPSA) is 12.0 Å². The molecule has 1 fully saturated rings. The van der Waals surface area contributed by atoms with Gasteiger partial charge >= 0.3 is 0 Å². The van der Waals surface area contributed by atoms with Gasteiger partial charge in [0.15, 0.2) is 0 Å². The quantitative estimate of drug-likeness (QED) is 0.769. The molecule has 0 aromatic heterocycles. The molecule has 1 atom stereocenters.